The highest BCUT2D eigenvalue weighted by Gasteiger charge is 2.49. The largest absolute Gasteiger partial charge is 0.394 e. The molecule has 0 unspecified atom stereocenters. The summed E-state index contributed by atoms with van der Waals surface area (Å²) >= 11 is 0. The van der Waals surface area contributed by atoms with Gasteiger partial charge in [0, 0.05) is 13.5 Å². The highest BCUT2D eigenvalue weighted by Crippen LogP contribution is 2.27. The summed E-state index contributed by atoms with van der Waals surface area (Å²) in [5.74, 6) is -0.423. The molecule has 10 atom stereocenters. The first-order chi connectivity index (χ1) is 16.2. The minimum absolute atomic E-state index is 0.334. The van der Waals surface area contributed by atoms with Gasteiger partial charge in [0.2, 0.25) is 5.91 Å². The van der Waals surface area contributed by atoms with E-state index in [1.54, 1.807) is 0 Å². The first-order valence-corrected chi connectivity index (χ1v) is 12.0. The van der Waals surface area contributed by atoms with Crippen LogP contribution in [-0.2, 0) is 23.7 Å². The predicted octanol–water partition coefficient (Wildman–Crippen LogP) is -1.87. The van der Waals surface area contributed by atoms with Gasteiger partial charge in [0.1, 0.15) is 48.8 Å². The van der Waals surface area contributed by atoms with Crippen molar-refractivity contribution in [3.63, 3.8) is 0 Å². The number of aliphatic hydroxyl groups excluding tert-OH is 6. The number of aliphatic hydroxyl groups is 6. The summed E-state index contributed by atoms with van der Waals surface area (Å²) in [4.78, 5) is 11.6. The van der Waals surface area contributed by atoms with Crippen molar-refractivity contribution in [2.75, 3.05) is 19.8 Å². The Kier molecular flexibility index (Phi) is 12.6. The average Bonchev–Trinajstić information content (AvgIpc) is 3.09. The van der Waals surface area contributed by atoms with Crippen molar-refractivity contribution in [3.8, 4) is 0 Å². The van der Waals surface area contributed by atoms with Crippen molar-refractivity contribution in [2.45, 2.75) is 114 Å². The van der Waals surface area contributed by atoms with Crippen LogP contribution in [0.5, 0.6) is 0 Å². The minimum atomic E-state index is -1.51. The smallest absolute Gasteiger partial charge is 0.217 e. The fourth-order valence-electron chi connectivity index (χ4n) is 4.10. The van der Waals surface area contributed by atoms with Crippen molar-refractivity contribution < 1.29 is 54.4 Å². The monoisotopic (exact) mass is 495 g/mol. The molecule has 1 amide bonds. The summed E-state index contributed by atoms with van der Waals surface area (Å²) in [6, 6.07) is -0.997. The molecule has 2 rings (SSSR count). The van der Waals surface area contributed by atoms with E-state index in [1.165, 1.54) is 13.3 Å². The third kappa shape index (κ3) is 8.05. The van der Waals surface area contributed by atoms with Crippen LogP contribution in [-0.4, -0.2) is 118 Å². The highest BCUT2D eigenvalue weighted by atomic mass is 16.7. The quantitative estimate of drug-likeness (QED) is 0.134. The van der Waals surface area contributed by atoms with Gasteiger partial charge >= 0.3 is 0 Å². The van der Waals surface area contributed by atoms with Gasteiger partial charge in [-0.15, -0.1) is 0 Å². The number of carbonyl (C=O) groups excluding carboxylic acids is 1. The lowest BCUT2D eigenvalue weighted by Gasteiger charge is -2.42. The van der Waals surface area contributed by atoms with Crippen LogP contribution in [0.1, 0.15) is 52.4 Å². The maximum absolute atomic E-state index is 11.6. The van der Waals surface area contributed by atoms with Gasteiger partial charge in [-0.3, -0.25) is 4.79 Å². The van der Waals surface area contributed by atoms with Gasteiger partial charge in [-0.1, -0.05) is 39.0 Å². The van der Waals surface area contributed by atoms with E-state index in [0.717, 1.165) is 32.1 Å². The Balaban J connectivity index is 1.93. The Morgan fingerprint density at radius 1 is 0.912 bits per heavy atom. The number of ether oxygens (including phenoxy) is 4. The molecule has 2 aliphatic rings. The van der Waals surface area contributed by atoms with Crippen LogP contribution < -0.4 is 5.32 Å². The van der Waals surface area contributed by atoms with Gasteiger partial charge in [0.05, 0.1) is 13.2 Å². The van der Waals surface area contributed by atoms with Crippen LogP contribution in [0.3, 0.4) is 0 Å². The number of nitrogens with one attached hydrogen (secondary N) is 1. The average molecular weight is 496 g/mol. The Morgan fingerprint density at radius 2 is 1.59 bits per heavy atom. The van der Waals surface area contributed by atoms with Crippen LogP contribution in [0.2, 0.25) is 0 Å². The lowest BCUT2D eigenvalue weighted by atomic mass is 9.97. The summed E-state index contributed by atoms with van der Waals surface area (Å²) in [6.45, 7) is 2.73. The van der Waals surface area contributed by atoms with Crippen LogP contribution in [0, 0.1) is 0 Å². The number of carbonyl (C=O) groups is 1. The standard InChI is InChI=1S/C22H41NO11/c1-3-4-5-6-7-8-9-31-21-15(23-12(2)25)17(28)16(27)14(33-21)11-32-22-19(30)18(29)20(34-22)13(26)10-24/h13-22,24,26-30H,3-11H2,1-2H3,(H,23,25)/t13-,14-,15-,16-,17-,18-,19-,20+,21+,22-/m1/s1. The van der Waals surface area contributed by atoms with Crippen molar-refractivity contribution in [3.05, 3.63) is 0 Å². The third-order valence-corrected chi connectivity index (χ3v) is 6.10. The number of hydrogen-bond acceptors (Lipinski definition) is 11. The zero-order valence-corrected chi connectivity index (χ0v) is 19.9. The van der Waals surface area contributed by atoms with E-state index >= 15 is 0 Å². The van der Waals surface area contributed by atoms with E-state index in [9.17, 15) is 30.3 Å². The Hall–Kier alpha value is -0.930. The lowest BCUT2D eigenvalue weighted by molar-refractivity contribution is -0.284. The maximum Gasteiger partial charge on any atom is 0.217 e. The molecule has 34 heavy (non-hydrogen) atoms. The fraction of sp³-hybridized carbons (Fsp3) is 0.955. The fourth-order valence-corrected chi connectivity index (χ4v) is 4.10. The van der Waals surface area contributed by atoms with E-state index in [1.807, 2.05) is 0 Å². The molecule has 200 valence electrons. The molecule has 0 spiro atoms. The van der Waals surface area contributed by atoms with Crippen LogP contribution in [0.4, 0.5) is 0 Å². The van der Waals surface area contributed by atoms with Crippen molar-refractivity contribution >= 4 is 5.91 Å². The molecule has 2 heterocycles. The molecule has 0 aliphatic carbocycles. The Labute approximate surface area is 199 Å². The number of unbranched alkanes of at least 4 members (excludes halogenated alkanes) is 5. The van der Waals surface area contributed by atoms with Crippen LogP contribution >= 0.6 is 0 Å². The third-order valence-electron chi connectivity index (χ3n) is 6.10. The molecule has 12 nitrogen and oxygen atoms in total. The summed E-state index contributed by atoms with van der Waals surface area (Å²) < 4.78 is 22.3. The number of hydrogen-bond donors (Lipinski definition) is 7. The van der Waals surface area contributed by atoms with Gasteiger partial charge in [0.15, 0.2) is 12.6 Å². The Morgan fingerprint density at radius 3 is 2.24 bits per heavy atom. The van der Waals surface area contributed by atoms with E-state index in [0.29, 0.717) is 6.61 Å². The second kappa shape index (κ2) is 14.6. The second-order valence-corrected chi connectivity index (χ2v) is 8.92. The molecule has 12 heteroatoms. The van der Waals surface area contributed by atoms with Crippen molar-refractivity contribution in [2.24, 2.45) is 0 Å². The van der Waals surface area contributed by atoms with E-state index in [-0.39, 0.29) is 6.61 Å². The molecule has 7 N–H and O–H groups in total. The minimum Gasteiger partial charge on any atom is -0.394 e. The number of amides is 1. The van der Waals surface area contributed by atoms with Crippen LogP contribution in [0.25, 0.3) is 0 Å². The normalized spacial score (nSPS) is 37.0. The molecule has 2 aliphatic heterocycles. The zero-order chi connectivity index (χ0) is 25.3. The van der Waals surface area contributed by atoms with Gasteiger partial charge in [-0.05, 0) is 6.42 Å². The molecule has 0 aromatic rings. The SMILES string of the molecule is CCCCCCCCO[C@H]1O[C@H](CO[C@@H]2O[C@@H]([C@H](O)CO)[C@H](O)[C@H]2O)[C@@H](O)[C@H](O)[C@H]1NC(C)=O. The molecule has 0 radical (unpaired) electrons. The second-order valence-electron chi connectivity index (χ2n) is 8.92. The molecule has 0 aromatic heterocycles. The highest BCUT2D eigenvalue weighted by molar-refractivity contribution is 5.73. The first kappa shape index (κ1) is 29.3. The molecule has 2 saturated heterocycles. The van der Waals surface area contributed by atoms with Crippen LogP contribution in [0.15, 0.2) is 0 Å². The maximum atomic E-state index is 11.6. The summed E-state index contributed by atoms with van der Waals surface area (Å²) in [6.07, 6.45) is -5.75. The molecule has 0 saturated carbocycles. The zero-order valence-electron chi connectivity index (χ0n) is 19.9. The van der Waals surface area contributed by atoms with Gasteiger partial charge < -0.3 is 54.9 Å². The van der Waals surface area contributed by atoms with Gasteiger partial charge in [-0.25, -0.2) is 0 Å². The topological polar surface area (TPSA) is 187 Å². The van der Waals surface area contributed by atoms with Gasteiger partial charge in [0.25, 0.3) is 0 Å². The molecule has 2 fully saturated rings. The van der Waals surface area contributed by atoms with Gasteiger partial charge in [-0.2, -0.15) is 0 Å². The van der Waals surface area contributed by atoms with Crippen molar-refractivity contribution in [1.29, 1.82) is 0 Å². The van der Waals surface area contributed by atoms with E-state index < -0.39 is 73.9 Å². The molecule has 0 bridgehead atoms. The molecular formula is C22H41NO11. The summed E-state index contributed by atoms with van der Waals surface area (Å²) in [5.41, 5.74) is 0. The number of rotatable bonds is 14. The van der Waals surface area contributed by atoms with E-state index in [4.69, 9.17) is 24.1 Å². The van der Waals surface area contributed by atoms with E-state index in [2.05, 4.69) is 12.2 Å². The Bertz CT molecular complexity index is 597. The molecule has 0 aromatic carbocycles. The molecular weight excluding hydrogens is 454 g/mol. The lowest BCUT2D eigenvalue weighted by Crippen LogP contribution is -2.64. The summed E-state index contributed by atoms with van der Waals surface area (Å²) in [5, 5.41) is 62.5. The van der Waals surface area contributed by atoms with Crippen molar-refractivity contribution in [1.82, 2.24) is 5.32 Å². The predicted molar refractivity (Wildman–Crippen MR) is 117 cm³/mol. The first-order valence-electron chi connectivity index (χ1n) is 12.0. The summed E-state index contributed by atoms with van der Waals surface area (Å²) in [7, 11) is 0.